The molecule has 0 atom stereocenters. The minimum absolute atomic E-state index is 0.0717. The molecule has 0 saturated carbocycles. The highest BCUT2D eigenvalue weighted by atomic mass is 32.2. The zero-order valence-electron chi connectivity index (χ0n) is 9.60. The van der Waals surface area contributed by atoms with E-state index in [1.807, 2.05) is 20.8 Å². The van der Waals surface area contributed by atoms with Crippen LogP contribution in [-0.4, -0.2) is 39.3 Å². The molecule has 3 N–H and O–H groups in total. The lowest BCUT2D eigenvalue weighted by Gasteiger charge is -2.20. The van der Waals surface area contributed by atoms with E-state index in [1.165, 1.54) is 11.8 Å². The van der Waals surface area contributed by atoms with Gasteiger partial charge in [-0.2, -0.15) is 0 Å². The molecule has 16 heavy (non-hydrogen) atoms. The van der Waals surface area contributed by atoms with Gasteiger partial charge in [0.15, 0.2) is 0 Å². The maximum absolute atomic E-state index is 11.3. The van der Waals surface area contributed by atoms with E-state index in [0.717, 1.165) is 0 Å². The smallest absolute Gasteiger partial charge is 0.351 e. The van der Waals surface area contributed by atoms with Crippen LogP contribution in [0.1, 0.15) is 20.8 Å². The van der Waals surface area contributed by atoms with Gasteiger partial charge in [0, 0.05) is 11.3 Å². The predicted octanol–water partition coefficient (Wildman–Crippen LogP) is 0.744. The minimum atomic E-state index is -4.38. The summed E-state index contributed by atoms with van der Waals surface area (Å²) in [6.45, 7) is 5.57. The van der Waals surface area contributed by atoms with Crippen molar-refractivity contribution in [2.24, 2.45) is 0 Å². The summed E-state index contributed by atoms with van der Waals surface area (Å²) in [5, 5.41) is 2.77. The summed E-state index contributed by atoms with van der Waals surface area (Å²) in [7, 11) is -4.38. The van der Waals surface area contributed by atoms with E-state index in [1.54, 1.807) is 0 Å². The summed E-state index contributed by atoms with van der Waals surface area (Å²) in [6, 6.07) is 0. The Labute approximate surface area is 99.4 Å². The molecular weight excluding hydrogens is 253 g/mol. The summed E-state index contributed by atoms with van der Waals surface area (Å²) in [6.07, 6.45) is 0. The first-order chi connectivity index (χ1) is 7.10. The average Bonchev–Trinajstić information content (AvgIpc) is 1.97. The van der Waals surface area contributed by atoms with Crippen LogP contribution in [0, 0.1) is 0 Å². The van der Waals surface area contributed by atoms with Crippen LogP contribution in [0.15, 0.2) is 0 Å². The molecule has 8 heteroatoms. The van der Waals surface area contributed by atoms with Gasteiger partial charge < -0.3 is 15.1 Å². The van der Waals surface area contributed by atoms with Crippen molar-refractivity contribution in [1.82, 2.24) is 5.32 Å². The molecular formula is C8H18NO5PS. The van der Waals surface area contributed by atoms with Crippen LogP contribution in [0.3, 0.4) is 0 Å². The fourth-order valence-corrected chi connectivity index (χ4v) is 1.89. The molecule has 0 bridgehead atoms. The second-order valence-corrected chi connectivity index (χ2v) is 6.52. The van der Waals surface area contributed by atoms with Crippen molar-refractivity contribution in [2.45, 2.75) is 26.3 Å². The van der Waals surface area contributed by atoms with Gasteiger partial charge in [-0.1, -0.05) is 0 Å². The standard InChI is InChI=1S/C8H18NO5PS/c1-8(2,3)9-7(10)6-16-5-4-14-15(11,12)13/h4-6H2,1-3H3,(H,9,10)(H2,11,12,13). The molecule has 0 rings (SSSR count). The molecule has 0 aliphatic carbocycles. The van der Waals surface area contributed by atoms with E-state index in [-0.39, 0.29) is 23.8 Å². The van der Waals surface area contributed by atoms with Crippen molar-refractivity contribution in [3.05, 3.63) is 0 Å². The number of thioether (sulfide) groups is 1. The number of hydrogen-bond acceptors (Lipinski definition) is 4. The van der Waals surface area contributed by atoms with Gasteiger partial charge in [0.2, 0.25) is 5.91 Å². The molecule has 0 heterocycles. The topological polar surface area (TPSA) is 95.9 Å². The number of carbonyl (C=O) groups excluding carboxylic acids is 1. The highest BCUT2D eigenvalue weighted by Crippen LogP contribution is 2.35. The van der Waals surface area contributed by atoms with Crippen LogP contribution in [0.5, 0.6) is 0 Å². The van der Waals surface area contributed by atoms with Crippen molar-refractivity contribution in [3.63, 3.8) is 0 Å². The van der Waals surface area contributed by atoms with E-state index < -0.39 is 7.82 Å². The molecule has 0 radical (unpaired) electrons. The number of carbonyl (C=O) groups is 1. The Morgan fingerprint density at radius 2 is 2.00 bits per heavy atom. The highest BCUT2D eigenvalue weighted by Gasteiger charge is 2.14. The molecule has 0 aromatic rings. The Morgan fingerprint density at radius 3 is 2.44 bits per heavy atom. The van der Waals surface area contributed by atoms with Crippen LogP contribution < -0.4 is 5.32 Å². The van der Waals surface area contributed by atoms with Crippen molar-refractivity contribution in [3.8, 4) is 0 Å². The van der Waals surface area contributed by atoms with Crippen LogP contribution in [0.4, 0.5) is 0 Å². The minimum Gasteiger partial charge on any atom is -0.351 e. The maximum atomic E-state index is 11.3. The summed E-state index contributed by atoms with van der Waals surface area (Å²) in [4.78, 5) is 28.1. The Bertz CT molecular complexity index is 272. The SMILES string of the molecule is CC(C)(C)NC(=O)CSCCOP(=O)(O)O. The molecule has 1 amide bonds. The maximum Gasteiger partial charge on any atom is 0.469 e. The molecule has 0 aromatic heterocycles. The summed E-state index contributed by atoms with van der Waals surface area (Å²) >= 11 is 1.26. The molecule has 0 saturated heterocycles. The van der Waals surface area contributed by atoms with Gasteiger partial charge in [-0.05, 0) is 20.8 Å². The largest absolute Gasteiger partial charge is 0.469 e. The van der Waals surface area contributed by atoms with Crippen molar-refractivity contribution < 1.29 is 23.7 Å². The monoisotopic (exact) mass is 271 g/mol. The Hall–Kier alpha value is -0.0700. The Balaban J connectivity index is 3.53. The van der Waals surface area contributed by atoms with Crippen molar-refractivity contribution in [2.75, 3.05) is 18.1 Å². The van der Waals surface area contributed by atoms with Crippen LogP contribution in [-0.2, 0) is 13.9 Å². The third kappa shape index (κ3) is 12.0. The van der Waals surface area contributed by atoms with Crippen LogP contribution >= 0.6 is 19.6 Å². The van der Waals surface area contributed by atoms with E-state index in [0.29, 0.717) is 5.75 Å². The zero-order chi connectivity index (χ0) is 12.8. The Morgan fingerprint density at radius 1 is 1.44 bits per heavy atom. The number of nitrogens with one attached hydrogen (secondary N) is 1. The van der Waals surface area contributed by atoms with E-state index in [2.05, 4.69) is 9.84 Å². The first-order valence-corrected chi connectivity index (χ1v) is 7.37. The Kier molecular flexibility index (Phi) is 6.58. The number of phosphoric acid groups is 1. The zero-order valence-corrected chi connectivity index (χ0v) is 11.3. The summed E-state index contributed by atoms with van der Waals surface area (Å²) < 4.78 is 14.5. The molecule has 0 unspecified atom stereocenters. The van der Waals surface area contributed by atoms with Gasteiger partial charge in [0.05, 0.1) is 12.4 Å². The van der Waals surface area contributed by atoms with Gasteiger partial charge >= 0.3 is 7.82 Å². The predicted molar refractivity (Wildman–Crippen MR) is 63.2 cm³/mol. The van der Waals surface area contributed by atoms with E-state index >= 15 is 0 Å². The highest BCUT2D eigenvalue weighted by molar-refractivity contribution is 7.99. The quantitative estimate of drug-likeness (QED) is 0.487. The van der Waals surface area contributed by atoms with Crippen LogP contribution in [0.2, 0.25) is 0 Å². The van der Waals surface area contributed by atoms with Gasteiger partial charge in [0.1, 0.15) is 0 Å². The number of rotatable bonds is 6. The molecule has 0 aromatic carbocycles. The lowest BCUT2D eigenvalue weighted by Crippen LogP contribution is -2.41. The van der Waals surface area contributed by atoms with Gasteiger partial charge in [-0.15, -0.1) is 11.8 Å². The van der Waals surface area contributed by atoms with Gasteiger partial charge in [-0.3, -0.25) is 9.32 Å². The van der Waals surface area contributed by atoms with Crippen molar-refractivity contribution >= 4 is 25.5 Å². The first-order valence-electron chi connectivity index (χ1n) is 4.69. The van der Waals surface area contributed by atoms with E-state index in [9.17, 15) is 9.36 Å². The summed E-state index contributed by atoms with van der Waals surface area (Å²) in [5.74, 6) is 0.512. The second kappa shape index (κ2) is 6.61. The lowest BCUT2D eigenvalue weighted by molar-refractivity contribution is -0.119. The van der Waals surface area contributed by atoms with E-state index in [4.69, 9.17) is 9.79 Å². The number of hydrogen-bond donors (Lipinski definition) is 3. The molecule has 6 nitrogen and oxygen atoms in total. The van der Waals surface area contributed by atoms with Gasteiger partial charge in [-0.25, -0.2) is 4.57 Å². The molecule has 0 aliphatic heterocycles. The lowest BCUT2D eigenvalue weighted by atomic mass is 10.1. The first kappa shape index (κ1) is 15.9. The third-order valence-corrected chi connectivity index (χ3v) is 2.68. The van der Waals surface area contributed by atoms with Gasteiger partial charge in [0.25, 0.3) is 0 Å². The number of amides is 1. The number of phosphoric ester groups is 1. The molecule has 0 fully saturated rings. The second-order valence-electron chi connectivity index (χ2n) is 4.17. The normalized spacial score (nSPS) is 12.6. The molecule has 0 spiro atoms. The average molecular weight is 271 g/mol. The third-order valence-electron chi connectivity index (χ3n) is 1.23. The fourth-order valence-electron chi connectivity index (χ4n) is 0.834. The molecule has 0 aliphatic rings. The summed E-state index contributed by atoms with van der Waals surface area (Å²) in [5.41, 5.74) is -0.264. The fraction of sp³-hybridized carbons (Fsp3) is 0.875. The molecule has 96 valence electrons. The van der Waals surface area contributed by atoms with Crippen molar-refractivity contribution in [1.29, 1.82) is 0 Å². The van der Waals surface area contributed by atoms with Crippen LogP contribution in [0.25, 0.3) is 0 Å².